The van der Waals surface area contributed by atoms with Gasteiger partial charge in [-0.3, -0.25) is 14.4 Å². The number of hydrogen-bond acceptors (Lipinski definition) is 5. The van der Waals surface area contributed by atoms with Gasteiger partial charge in [0.25, 0.3) is 0 Å². The Hall–Kier alpha value is -3.09. The van der Waals surface area contributed by atoms with E-state index in [4.69, 9.17) is 9.84 Å². The van der Waals surface area contributed by atoms with Crippen LogP contribution in [0.15, 0.2) is 48.5 Å². The lowest BCUT2D eigenvalue weighted by molar-refractivity contribution is -0.138. The first-order chi connectivity index (χ1) is 19.0. The number of aryl methyl sites for hydroxylation is 1. The number of rotatable bonds is 10. The summed E-state index contributed by atoms with van der Waals surface area (Å²) in [6, 6.07) is 16.2. The number of ether oxygens (including phenoxy) is 1. The lowest BCUT2D eigenvalue weighted by Crippen LogP contribution is -2.39. The molecule has 0 saturated carbocycles. The third-order valence-electron chi connectivity index (χ3n) is 5.55. The molecule has 0 aliphatic rings. The van der Waals surface area contributed by atoms with Crippen LogP contribution in [0.3, 0.4) is 0 Å². The van der Waals surface area contributed by atoms with Crippen LogP contribution < -0.4 is 5.32 Å². The first-order valence-corrected chi connectivity index (χ1v) is 14.2. The topological polar surface area (TPSA) is 92.7 Å². The van der Waals surface area contributed by atoms with Crippen molar-refractivity contribution in [3.63, 3.8) is 0 Å². The third-order valence-corrected chi connectivity index (χ3v) is 5.55. The molecule has 0 atom stereocenters. The van der Waals surface area contributed by atoms with Gasteiger partial charge in [0.05, 0.1) is 0 Å². The Morgan fingerprint density at radius 3 is 1.48 bits per heavy atom. The number of amides is 1. The van der Waals surface area contributed by atoms with Crippen LogP contribution in [0.25, 0.3) is 12.2 Å². The average molecular weight is 558 g/mol. The summed E-state index contributed by atoms with van der Waals surface area (Å²) in [6.45, 7) is 18.5. The van der Waals surface area contributed by atoms with Crippen molar-refractivity contribution in [2.45, 2.75) is 81.6 Å². The maximum atomic E-state index is 11.2. The molecule has 2 N–H and O–H groups in total. The number of carbonyl (C=O) groups is 3. The summed E-state index contributed by atoms with van der Waals surface area (Å²) in [5, 5.41) is 9.43. The van der Waals surface area contributed by atoms with Gasteiger partial charge in [0.15, 0.2) is 5.78 Å². The Balaban J connectivity index is -0.000000550. The van der Waals surface area contributed by atoms with Gasteiger partial charge in [-0.05, 0) is 63.6 Å². The quantitative estimate of drug-likeness (QED) is 0.137. The molecule has 0 bridgehead atoms. The minimum atomic E-state index is -0.880. The van der Waals surface area contributed by atoms with Crippen molar-refractivity contribution in [3.05, 3.63) is 70.8 Å². The van der Waals surface area contributed by atoms with Gasteiger partial charge in [0, 0.05) is 32.9 Å². The Morgan fingerprint density at radius 1 is 0.800 bits per heavy atom. The van der Waals surface area contributed by atoms with E-state index < -0.39 is 5.41 Å². The lowest BCUT2D eigenvalue weighted by atomic mass is 9.88. The molecule has 0 fully saturated rings. The maximum absolute atomic E-state index is 11.2. The monoisotopic (exact) mass is 557 g/mol. The molecule has 40 heavy (non-hydrogen) atoms. The number of aliphatic hydroxyl groups is 1. The van der Waals surface area contributed by atoms with Crippen molar-refractivity contribution in [2.75, 3.05) is 27.4 Å². The molecule has 0 saturated heterocycles. The second-order valence-electron chi connectivity index (χ2n) is 8.98. The normalized spacial score (nSPS) is 9.80. The zero-order valence-corrected chi connectivity index (χ0v) is 26.9. The molecule has 0 aliphatic heterocycles. The van der Waals surface area contributed by atoms with Crippen LogP contribution >= 0.6 is 0 Å². The van der Waals surface area contributed by atoms with Crippen LogP contribution in [0, 0.1) is 5.41 Å². The van der Waals surface area contributed by atoms with Gasteiger partial charge in [0.1, 0.15) is 11.2 Å². The molecule has 226 valence electrons. The summed E-state index contributed by atoms with van der Waals surface area (Å²) in [4.78, 5) is 32.9. The van der Waals surface area contributed by atoms with E-state index in [1.165, 1.54) is 25.1 Å². The first kappa shape index (κ1) is 41.4. The van der Waals surface area contributed by atoms with Crippen molar-refractivity contribution in [1.29, 1.82) is 0 Å². The van der Waals surface area contributed by atoms with E-state index in [-0.39, 0.29) is 17.5 Å². The van der Waals surface area contributed by atoms with E-state index in [0.29, 0.717) is 0 Å². The van der Waals surface area contributed by atoms with Gasteiger partial charge >= 0.3 is 0 Å². The van der Waals surface area contributed by atoms with Crippen LogP contribution in [0.5, 0.6) is 0 Å². The molecule has 6 nitrogen and oxygen atoms in total. The summed E-state index contributed by atoms with van der Waals surface area (Å²) in [5.41, 5.74) is 3.51. The Morgan fingerprint density at radius 2 is 1.20 bits per heavy atom. The van der Waals surface area contributed by atoms with Gasteiger partial charge < -0.3 is 15.2 Å². The predicted molar refractivity (Wildman–Crippen MR) is 171 cm³/mol. The highest BCUT2D eigenvalue weighted by atomic mass is 16.5. The van der Waals surface area contributed by atoms with E-state index in [2.05, 4.69) is 62.5 Å². The molecule has 0 radical (unpaired) electrons. The van der Waals surface area contributed by atoms with Crippen LogP contribution in [0.2, 0.25) is 0 Å². The van der Waals surface area contributed by atoms with Crippen molar-refractivity contribution in [2.24, 2.45) is 5.41 Å². The molecule has 2 aromatic rings. The highest BCUT2D eigenvalue weighted by Crippen LogP contribution is 2.15. The second-order valence-corrected chi connectivity index (χ2v) is 8.98. The van der Waals surface area contributed by atoms with Crippen LogP contribution in [0.4, 0.5) is 0 Å². The number of hydrogen-bond donors (Lipinski definition) is 2. The minimum absolute atomic E-state index is 0.102. The fraction of sp³-hybridized carbons (Fsp3) is 0.500. The second kappa shape index (κ2) is 26.1. The maximum Gasteiger partial charge on any atom is 0.232 e. The molecule has 0 aliphatic carbocycles. The van der Waals surface area contributed by atoms with E-state index >= 15 is 0 Å². The van der Waals surface area contributed by atoms with Gasteiger partial charge in [0.2, 0.25) is 5.91 Å². The Kier molecular flexibility index (Phi) is 27.1. The number of Topliss-reactive ketones (excluding diaryl/α,β-unsaturated/α-hetero) is 2. The number of benzene rings is 2. The standard InChI is InChI=1S/C18H18O.C7H13NO2.C6H14O.C2H6.CH4O/c1-3-15-4-6-16(7-5-15)8-9-17-10-12-18(13-11-17)14(2)19;1-5(9)7(2,3)6(10)8-4;1-3-5-7-6-4-2;2*1-2/h4-13H,3H2,1-2H3;1-4H3,(H,8,10);3-6H2,1-2H3;1-2H3;2H,1H3/b9-8+;;;;. The van der Waals surface area contributed by atoms with Gasteiger partial charge in [-0.1, -0.05) is 95.3 Å². The summed E-state index contributed by atoms with van der Waals surface area (Å²) in [7, 11) is 2.52. The van der Waals surface area contributed by atoms with Crippen LogP contribution in [-0.4, -0.2) is 50.0 Å². The molecule has 6 heteroatoms. The molecule has 0 aromatic heterocycles. The summed E-state index contributed by atoms with van der Waals surface area (Å²) in [5.74, 6) is -0.252. The molecular formula is C34H55NO5. The Bertz CT molecular complexity index is 941. The molecular weight excluding hydrogens is 502 g/mol. The van der Waals surface area contributed by atoms with E-state index in [1.807, 2.05) is 38.1 Å². The third kappa shape index (κ3) is 19.0. The SMILES string of the molecule is CC.CCCOCCC.CCc1ccc(/C=C/c2ccc(C(C)=O)cc2)cc1.CNC(=O)C(C)(C)C(C)=O.CO. The number of aliphatic hydroxyl groups excluding tert-OH is 1. The van der Waals surface area contributed by atoms with Crippen molar-refractivity contribution >= 4 is 29.6 Å². The number of ketones is 2. The van der Waals surface area contributed by atoms with Crippen LogP contribution in [0.1, 0.15) is 102 Å². The molecule has 0 unspecified atom stereocenters. The van der Waals surface area contributed by atoms with Gasteiger partial charge in [-0.25, -0.2) is 0 Å². The van der Waals surface area contributed by atoms with Crippen molar-refractivity contribution < 1.29 is 24.2 Å². The summed E-state index contributed by atoms with van der Waals surface area (Å²) in [6.07, 6.45) is 7.49. The largest absolute Gasteiger partial charge is 0.400 e. The number of nitrogens with one attached hydrogen (secondary N) is 1. The molecule has 1 amide bonds. The molecule has 2 rings (SSSR count). The highest BCUT2D eigenvalue weighted by molar-refractivity contribution is 6.04. The van der Waals surface area contributed by atoms with Gasteiger partial charge in [-0.2, -0.15) is 0 Å². The highest BCUT2D eigenvalue weighted by Gasteiger charge is 2.31. The number of carbonyl (C=O) groups excluding carboxylic acids is 3. The Labute approximate surface area is 244 Å². The van der Waals surface area contributed by atoms with Gasteiger partial charge in [-0.15, -0.1) is 0 Å². The van der Waals surface area contributed by atoms with Crippen LogP contribution in [-0.2, 0) is 20.7 Å². The lowest BCUT2D eigenvalue weighted by Gasteiger charge is -2.17. The first-order valence-electron chi connectivity index (χ1n) is 14.2. The van der Waals surface area contributed by atoms with Crippen molar-refractivity contribution in [3.8, 4) is 0 Å². The molecule has 2 aromatic carbocycles. The average Bonchev–Trinajstić information content (AvgIpc) is 2.99. The van der Waals surface area contributed by atoms with E-state index in [0.717, 1.165) is 50.7 Å². The predicted octanol–water partition coefficient (Wildman–Crippen LogP) is 7.43. The fourth-order valence-electron chi connectivity index (χ4n) is 2.75. The summed E-state index contributed by atoms with van der Waals surface area (Å²) >= 11 is 0. The summed E-state index contributed by atoms with van der Waals surface area (Å²) < 4.78 is 5.13. The zero-order valence-electron chi connectivity index (χ0n) is 26.9. The zero-order chi connectivity index (χ0) is 31.6. The van der Waals surface area contributed by atoms with E-state index in [9.17, 15) is 14.4 Å². The van der Waals surface area contributed by atoms with E-state index in [1.54, 1.807) is 20.8 Å². The van der Waals surface area contributed by atoms with Crippen molar-refractivity contribution in [1.82, 2.24) is 5.32 Å². The molecule has 0 heterocycles. The fourth-order valence-corrected chi connectivity index (χ4v) is 2.75. The minimum Gasteiger partial charge on any atom is -0.400 e. The molecule has 0 spiro atoms. The smallest absolute Gasteiger partial charge is 0.232 e.